The maximum Gasteiger partial charge on any atom is 0.115 e. The summed E-state index contributed by atoms with van der Waals surface area (Å²) in [6.07, 6.45) is 4.30. The molecule has 0 bridgehead atoms. The molecule has 0 fully saturated rings. The van der Waals surface area contributed by atoms with Gasteiger partial charge in [-0.05, 0) is 55.9 Å². The Hall–Kier alpha value is -3.13. The Morgan fingerprint density at radius 1 is 0.462 bits per heavy atom. The van der Waals surface area contributed by atoms with E-state index in [1.165, 1.54) is 54.4 Å². The predicted octanol–water partition coefficient (Wildman–Crippen LogP) is 7.89. The molecule has 0 unspecified atom stereocenters. The highest BCUT2D eigenvalue weighted by Crippen LogP contribution is 2.55. The number of benzene rings is 2. The van der Waals surface area contributed by atoms with Gasteiger partial charge >= 0.3 is 0 Å². The van der Waals surface area contributed by atoms with Gasteiger partial charge in [-0.2, -0.15) is 0 Å². The minimum absolute atomic E-state index is 1.25. The molecule has 2 nitrogen and oxygen atoms in total. The lowest BCUT2D eigenvalue weighted by atomic mass is 9.89. The number of aromatic nitrogens is 2. The van der Waals surface area contributed by atoms with Gasteiger partial charge in [0.1, 0.15) is 24.2 Å². The number of hydrogen-bond donors (Lipinski definition) is 0. The summed E-state index contributed by atoms with van der Waals surface area (Å²) >= 11 is 0. The van der Waals surface area contributed by atoms with Crippen molar-refractivity contribution in [3.63, 3.8) is 0 Å². The summed E-state index contributed by atoms with van der Waals surface area (Å²) in [4.78, 5) is 10.1. The summed E-state index contributed by atoms with van der Waals surface area (Å²) in [5, 5.41) is 5.44. The molecule has 1 aliphatic rings. The number of hydrogen-bond acceptors (Lipinski definition) is 2. The number of pyridine rings is 2. The third-order valence-electron chi connectivity index (χ3n) is 7.77. The molecule has 0 amide bonds. The fourth-order valence-corrected chi connectivity index (χ4v) is 11.6. The van der Waals surface area contributed by atoms with Gasteiger partial charge in [0.2, 0.25) is 0 Å². The third kappa shape index (κ3) is 5.23. The molecule has 198 valence electrons. The van der Waals surface area contributed by atoms with Crippen LogP contribution in [0.3, 0.4) is 0 Å². The van der Waals surface area contributed by atoms with Crippen molar-refractivity contribution in [1.29, 1.82) is 0 Å². The van der Waals surface area contributed by atoms with Crippen LogP contribution in [-0.4, -0.2) is 34.2 Å². The SMILES string of the molecule is C[Si]1(C)C(c2ccc([Si](C)(C)C)nc2)=C(c2ccccc2)C(c2ccccc2)=C1c1ccc([Si](C)(C)C)nc1. The van der Waals surface area contributed by atoms with E-state index in [-0.39, 0.29) is 0 Å². The first kappa shape index (κ1) is 27.4. The molecule has 39 heavy (non-hydrogen) atoms. The maximum absolute atomic E-state index is 5.05. The fraction of sp³-hybridized carbons (Fsp3) is 0.235. The Balaban J connectivity index is 1.82. The summed E-state index contributed by atoms with van der Waals surface area (Å²) < 4.78 is 0. The van der Waals surface area contributed by atoms with Gasteiger partial charge in [-0.1, -0.05) is 125 Å². The van der Waals surface area contributed by atoms with Crippen LogP contribution in [0.5, 0.6) is 0 Å². The minimum atomic E-state index is -2.20. The van der Waals surface area contributed by atoms with Crippen LogP contribution in [0.1, 0.15) is 22.3 Å². The smallest absolute Gasteiger partial charge is 0.115 e. The molecular weight excluding hydrogens is 521 g/mol. The molecule has 2 aromatic carbocycles. The molecular formula is C34H40N2Si3. The quantitative estimate of drug-likeness (QED) is 0.224. The van der Waals surface area contributed by atoms with Crippen molar-refractivity contribution >= 4 is 56.4 Å². The van der Waals surface area contributed by atoms with Crippen LogP contribution in [0, 0.1) is 0 Å². The second kappa shape index (κ2) is 10.1. The average Bonchev–Trinajstić information content (AvgIpc) is 3.16. The summed E-state index contributed by atoms with van der Waals surface area (Å²) in [5.74, 6) is 0. The van der Waals surface area contributed by atoms with Crippen LogP contribution in [0.15, 0.2) is 97.3 Å². The first-order chi connectivity index (χ1) is 18.4. The second-order valence-electron chi connectivity index (χ2n) is 13.2. The van der Waals surface area contributed by atoms with E-state index in [2.05, 4.69) is 150 Å². The third-order valence-corrected chi connectivity index (χ3v) is 15.0. The van der Waals surface area contributed by atoms with Gasteiger partial charge in [-0.25, -0.2) is 0 Å². The van der Waals surface area contributed by atoms with Gasteiger partial charge in [-0.3, -0.25) is 9.97 Å². The fourth-order valence-electron chi connectivity index (χ4n) is 5.77. The molecule has 0 saturated heterocycles. The average molecular weight is 561 g/mol. The Labute approximate surface area is 237 Å². The topological polar surface area (TPSA) is 25.8 Å². The summed E-state index contributed by atoms with van der Waals surface area (Å²) in [6.45, 7) is 19.2. The van der Waals surface area contributed by atoms with E-state index in [1.807, 2.05) is 0 Å². The highest BCUT2D eigenvalue weighted by Gasteiger charge is 2.44. The van der Waals surface area contributed by atoms with Crippen LogP contribution in [0.25, 0.3) is 21.5 Å². The lowest BCUT2D eigenvalue weighted by molar-refractivity contribution is 1.34. The lowest BCUT2D eigenvalue weighted by Crippen LogP contribution is -2.40. The molecule has 1 aliphatic heterocycles. The molecule has 0 spiro atoms. The molecule has 5 heteroatoms. The van der Waals surface area contributed by atoms with Gasteiger partial charge in [0.25, 0.3) is 0 Å². The highest BCUT2D eigenvalue weighted by atomic mass is 28.3. The van der Waals surface area contributed by atoms with Crippen molar-refractivity contribution in [2.24, 2.45) is 0 Å². The van der Waals surface area contributed by atoms with E-state index >= 15 is 0 Å². The van der Waals surface area contributed by atoms with Crippen molar-refractivity contribution in [3.8, 4) is 0 Å². The zero-order chi connectivity index (χ0) is 28.0. The Morgan fingerprint density at radius 3 is 1.10 bits per heavy atom. The highest BCUT2D eigenvalue weighted by molar-refractivity contribution is 7.13. The number of rotatable bonds is 6. The van der Waals surface area contributed by atoms with Crippen LogP contribution in [0.2, 0.25) is 52.4 Å². The van der Waals surface area contributed by atoms with Gasteiger partial charge in [0.05, 0.1) is 0 Å². The zero-order valence-electron chi connectivity index (χ0n) is 24.6. The molecule has 4 aromatic rings. The standard InChI is InChI=1S/C34H40N2Si3/c1-37(2,3)29-21-19-27(23-35-29)33-31(25-15-11-9-12-16-25)32(26-17-13-10-14-18-26)34(39(33,7)8)28-20-22-30(36-24-28)38(4,5)6/h9-24H,1-8H3. The van der Waals surface area contributed by atoms with Crippen LogP contribution < -0.4 is 10.6 Å². The van der Waals surface area contributed by atoms with Crippen molar-refractivity contribution in [2.75, 3.05) is 0 Å². The molecule has 0 radical (unpaired) electrons. The largest absolute Gasteiger partial charge is 0.266 e. The normalized spacial score (nSPS) is 15.7. The minimum Gasteiger partial charge on any atom is -0.266 e. The molecule has 0 atom stereocenters. The van der Waals surface area contributed by atoms with E-state index in [0.717, 1.165) is 0 Å². The van der Waals surface area contributed by atoms with Gasteiger partial charge < -0.3 is 0 Å². The molecule has 2 aromatic heterocycles. The van der Waals surface area contributed by atoms with Crippen molar-refractivity contribution < 1.29 is 0 Å². The van der Waals surface area contributed by atoms with E-state index in [0.29, 0.717) is 0 Å². The summed E-state index contributed by atoms with van der Waals surface area (Å²) in [6, 6.07) is 31.2. The number of allylic oxidation sites excluding steroid dienone is 2. The summed E-state index contributed by atoms with van der Waals surface area (Å²) in [5.41, 5.74) is 7.74. The second-order valence-corrected chi connectivity index (χ2v) is 27.5. The first-order valence-corrected chi connectivity index (χ1v) is 23.9. The van der Waals surface area contributed by atoms with E-state index in [4.69, 9.17) is 9.97 Å². The number of nitrogens with zero attached hydrogens (tertiary/aromatic N) is 2. The van der Waals surface area contributed by atoms with Gasteiger partial charge in [-0.15, -0.1) is 0 Å². The Kier molecular flexibility index (Phi) is 7.12. The monoisotopic (exact) mass is 560 g/mol. The van der Waals surface area contributed by atoms with Crippen LogP contribution >= 0.6 is 0 Å². The van der Waals surface area contributed by atoms with Crippen molar-refractivity contribution in [1.82, 2.24) is 9.97 Å². The van der Waals surface area contributed by atoms with E-state index < -0.39 is 24.2 Å². The molecule has 0 aliphatic carbocycles. The molecule has 5 rings (SSSR count). The predicted molar refractivity (Wildman–Crippen MR) is 178 cm³/mol. The van der Waals surface area contributed by atoms with E-state index in [1.54, 1.807) is 0 Å². The van der Waals surface area contributed by atoms with Crippen LogP contribution in [-0.2, 0) is 0 Å². The van der Waals surface area contributed by atoms with Gasteiger partial charge in [0, 0.05) is 23.0 Å². The maximum atomic E-state index is 5.05. The molecule has 0 saturated carbocycles. The molecule has 0 N–H and O–H groups in total. The summed E-state index contributed by atoms with van der Waals surface area (Å²) in [7, 11) is -5.19. The first-order valence-electron chi connectivity index (χ1n) is 13.9. The Bertz CT molecular complexity index is 1420. The van der Waals surface area contributed by atoms with E-state index in [9.17, 15) is 0 Å². The van der Waals surface area contributed by atoms with Crippen molar-refractivity contribution in [2.45, 2.75) is 52.4 Å². The lowest BCUT2D eigenvalue weighted by Gasteiger charge is -2.27. The van der Waals surface area contributed by atoms with Gasteiger partial charge in [0.15, 0.2) is 0 Å². The Morgan fingerprint density at radius 2 is 0.821 bits per heavy atom. The zero-order valence-corrected chi connectivity index (χ0v) is 27.6. The van der Waals surface area contributed by atoms with Crippen LogP contribution in [0.4, 0.5) is 0 Å². The molecule has 3 heterocycles. The van der Waals surface area contributed by atoms with Crippen molar-refractivity contribution in [3.05, 3.63) is 120 Å².